The van der Waals surface area contributed by atoms with Gasteiger partial charge < -0.3 is 9.47 Å². The summed E-state index contributed by atoms with van der Waals surface area (Å²) in [5.41, 5.74) is -0.691. The molecule has 1 spiro atoms. The molecule has 4 unspecified atom stereocenters. The summed E-state index contributed by atoms with van der Waals surface area (Å²) in [5.74, 6) is -0.188. The topological polar surface area (TPSA) is 109 Å². The lowest BCUT2D eigenvalue weighted by Crippen LogP contribution is -2.72. The SMILES string of the molecule is CC1CCC2[C@@H](C)[C@H](NS(N)(=O)=O)OC3O[C@]4(C)CCC1[C@]32OO4. The molecule has 5 fully saturated rings. The fraction of sp³-hybridized carbons (Fsp3) is 1.00. The molecule has 24 heavy (non-hydrogen) atoms. The van der Waals surface area contributed by atoms with Crippen LogP contribution in [0.5, 0.6) is 0 Å². The van der Waals surface area contributed by atoms with Crippen LogP contribution in [-0.2, 0) is 29.5 Å². The largest absolute Gasteiger partial charge is 0.330 e. The highest BCUT2D eigenvalue weighted by molar-refractivity contribution is 7.87. The standard InChI is InChI=1S/C15H26N2O6S/c1-8-4-5-11-9(2)12(17-24(16,18)19)20-13-15(11)10(8)6-7-14(3,21-13)22-23-15/h8-13,17H,4-7H2,1-3H3,(H2,16,18,19)/t8?,9-,10?,11?,12-,13?,14+,15-/m1/s1. The molecule has 4 saturated heterocycles. The van der Waals surface area contributed by atoms with Crippen molar-refractivity contribution >= 4 is 10.2 Å². The number of hydrogen-bond donors (Lipinski definition) is 2. The first-order chi connectivity index (χ1) is 11.1. The van der Waals surface area contributed by atoms with E-state index in [9.17, 15) is 8.42 Å². The molecular weight excluding hydrogens is 336 g/mol. The average molecular weight is 362 g/mol. The van der Waals surface area contributed by atoms with Gasteiger partial charge in [0, 0.05) is 18.3 Å². The fourth-order valence-corrected chi connectivity index (χ4v) is 5.80. The minimum Gasteiger partial charge on any atom is -0.330 e. The van der Waals surface area contributed by atoms with Crippen LogP contribution in [0.4, 0.5) is 0 Å². The molecule has 0 aromatic carbocycles. The molecule has 2 bridgehead atoms. The van der Waals surface area contributed by atoms with E-state index in [1.165, 1.54) is 0 Å². The summed E-state index contributed by atoms with van der Waals surface area (Å²) in [6, 6.07) is 0. The van der Waals surface area contributed by atoms with Gasteiger partial charge in [-0.3, -0.25) is 0 Å². The molecule has 8 nitrogen and oxygen atoms in total. The Morgan fingerprint density at radius 3 is 2.58 bits per heavy atom. The first kappa shape index (κ1) is 17.1. The molecule has 0 aromatic heterocycles. The number of nitrogens with two attached hydrogens (primary N) is 1. The molecule has 5 rings (SSSR count). The van der Waals surface area contributed by atoms with Crippen LogP contribution < -0.4 is 9.86 Å². The quantitative estimate of drug-likeness (QED) is 0.709. The lowest BCUT2D eigenvalue weighted by Gasteiger charge is -2.60. The first-order valence-corrected chi connectivity index (χ1v) is 10.2. The van der Waals surface area contributed by atoms with Crippen molar-refractivity contribution in [2.45, 2.75) is 70.4 Å². The van der Waals surface area contributed by atoms with Crippen molar-refractivity contribution in [2.75, 3.05) is 0 Å². The number of hydrogen-bond acceptors (Lipinski definition) is 6. The van der Waals surface area contributed by atoms with Crippen LogP contribution in [-0.4, -0.2) is 32.3 Å². The van der Waals surface area contributed by atoms with Gasteiger partial charge in [-0.05, 0) is 38.0 Å². The molecule has 4 aliphatic heterocycles. The Bertz CT molecular complexity index is 629. The van der Waals surface area contributed by atoms with Crippen LogP contribution >= 0.6 is 0 Å². The van der Waals surface area contributed by atoms with E-state index in [0.29, 0.717) is 5.92 Å². The second kappa shape index (κ2) is 5.35. The molecule has 8 atom stereocenters. The van der Waals surface area contributed by atoms with E-state index < -0.39 is 34.1 Å². The minimum absolute atomic E-state index is 0.0688. The zero-order valence-electron chi connectivity index (χ0n) is 14.2. The molecular formula is C15H26N2O6S. The highest BCUT2D eigenvalue weighted by Gasteiger charge is 2.69. The number of nitrogens with one attached hydrogen (secondary N) is 1. The smallest absolute Gasteiger partial charge is 0.276 e. The molecule has 3 N–H and O–H groups in total. The van der Waals surface area contributed by atoms with E-state index >= 15 is 0 Å². The zero-order chi connectivity index (χ0) is 17.3. The van der Waals surface area contributed by atoms with Gasteiger partial charge in [-0.25, -0.2) is 14.9 Å². The van der Waals surface area contributed by atoms with Crippen molar-refractivity contribution in [3.05, 3.63) is 0 Å². The maximum Gasteiger partial charge on any atom is 0.276 e. The third-order valence-electron chi connectivity index (χ3n) is 6.44. The van der Waals surface area contributed by atoms with Crippen molar-refractivity contribution in [3.8, 4) is 0 Å². The van der Waals surface area contributed by atoms with Gasteiger partial charge in [-0.2, -0.15) is 13.1 Å². The number of rotatable bonds is 2. The van der Waals surface area contributed by atoms with Crippen LogP contribution in [0.2, 0.25) is 0 Å². The van der Waals surface area contributed by atoms with E-state index in [2.05, 4.69) is 11.6 Å². The van der Waals surface area contributed by atoms with Gasteiger partial charge in [0.2, 0.25) is 5.79 Å². The molecule has 138 valence electrons. The molecule has 0 amide bonds. The van der Waals surface area contributed by atoms with Gasteiger partial charge in [0.05, 0.1) is 0 Å². The predicted octanol–water partition coefficient (Wildman–Crippen LogP) is 0.988. The van der Waals surface area contributed by atoms with Crippen LogP contribution in [0.1, 0.15) is 46.5 Å². The van der Waals surface area contributed by atoms with Crippen molar-refractivity contribution in [3.63, 3.8) is 0 Å². The van der Waals surface area contributed by atoms with Crippen LogP contribution in [0.3, 0.4) is 0 Å². The zero-order valence-corrected chi connectivity index (χ0v) is 15.0. The van der Waals surface area contributed by atoms with Gasteiger partial charge in [-0.1, -0.05) is 13.8 Å². The van der Waals surface area contributed by atoms with E-state index in [1.807, 2.05) is 13.8 Å². The fourth-order valence-electron chi connectivity index (χ4n) is 5.20. The van der Waals surface area contributed by atoms with Crippen molar-refractivity contribution < 1.29 is 27.7 Å². The Kier molecular flexibility index (Phi) is 3.82. The van der Waals surface area contributed by atoms with Crippen LogP contribution in [0, 0.1) is 23.7 Å². The third kappa shape index (κ3) is 2.45. The summed E-state index contributed by atoms with van der Waals surface area (Å²) in [5, 5.41) is 5.16. The Labute approximate surface area is 142 Å². The maximum absolute atomic E-state index is 11.5. The van der Waals surface area contributed by atoms with Gasteiger partial charge >= 0.3 is 0 Å². The summed E-state index contributed by atoms with van der Waals surface area (Å²) >= 11 is 0. The third-order valence-corrected chi connectivity index (χ3v) is 7.00. The lowest BCUT2D eigenvalue weighted by atomic mass is 9.58. The summed E-state index contributed by atoms with van der Waals surface area (Å²) < 4.78 is 37.6. The molecule has 1 aliphatic carbocycles. The molecule has 9 heteroatoms. The van der Waals surface area contributed by atoms with E-state index in [-0.39, 0.29) is 17.8 Å². The van der Waals surface area contributed by atoms with Gasteiger partial charge in [0.25, 0.3) is 10.2 Å². The van der Waals surface area contributed by atoms with Gasteiger partial charge in [0.1, 0.15) is 6.23 Å². The van der Waals surface area contributed by atoms with Gasteiger partial charge in [-0.15, -0.1) is 0 Å². The summed E-state index contributed by atoms with van der Waals surface area (Å²) in [6.07, 6.45) is 2.22. The van der Waals surface area contributed by atoms with E-state index in [0.717, 1.165) is 25.7 Å². The minimum atomic E-state index is -3.87. The summed E-state index contributed by atoms with van der Waals surface area (Å²) in [6.45, 7) is 6.03. The Morgan fingerprint density at radius 1 is 1.12 bits per heavy atom. The second-order valence-electron chi connectivity index (χ2n) is 7.99. The van der Waals surface area contributed by atoms with Gasteiger partial charge in [0.15, 0.2) is 11.9 Å². The monoisotopic (exact) mass is 362 g/mol. The van der Waals surface area contributed by atoms with Crippen molar-refractivity contribution in [2.24, 2.45) is 28.8 Å². The molecule has 0 radical (unpaired) electrons. The second-order valence-corrected chi connectivity index (χ2v) is 9.31. The first-order valence-electron chi connectivity index (χ1n) is 8.65. The molecule has 5 aliphatic rings. The Balaban J connectivity index is 1.75. The van der Waals surface area contributed by atoms with E-state index in [1.54, 1.807) is 0 Å². The Morgan fingerprint density at radius 2 is 1.88 bits per heavy atom. The van der Waals surface area contributed by atoms with Crippen molar-refractivity contribution in [1.82, 2.24) is 4.72 Å². The highest BCUT2D eigenvalue weighted by atomic mass is 32.2. The number of ether oxygens (including phenoxy) is 2. The van der Waals surface area contributed by atoms with Crippen LogP contribution in [0.15, 0.2) is 0 Å². The summed E-state index contributed by atoms with van der Waals surface area (Å²) in [4.78, 5) is 11.7. The maximum atomic E-state index is 11.5. The van der Waals surface area contributed by atoms with E-state index in [4.69, 9.17) is 24.4 Å². The van der Waals surface area contributed by atoms with Crippen molar-refractivity contribution in [1.29, 1.82) is 0 Å². The number of fused-ring (bicyclic) bond motifs is 2. The molecule has 0 aromatic rings. The predicted molar refractivity (Wildman–Crippen MR) is 83.1 cm³/mol. The lowest BCUT2D eigenvalue weighted by molar-refractivity contribution is -0.571. The highest BCUT2D eigenvalue weighted by Crippen LogP contribution is 2.60. The summed E-state index contributed by atoms with van der Waals surface area (Å²) in [7, 11) is -3.87. The average Bonchev–Trinajstić information content (AvgIpc) is 2.69. The van der Waals surface area contributed by atoms with Crippen LogP contribution in [0.25, 0.3) is 0 Å². The Hall–Kier alpha value is -0.290. The molecule has 1 saturated carbocycles. The normalized spacial score (nSPS) is 54.2. The molecule has 4 heterocycles.